The van der Waals surface area contributed by atoms with Gasteiger partial charge in [0.25, 0.3) is 5.91 Å². The largest absolute Gasteiger partial charge is 0.508 e. The Kier molecular flexibility index (Phi) is 14.3. The molecule has 4 aromatic rings. The fourth-order valence-electron chi connectivity index (χ4n) is 10.2. The first-order valence-corrected chi connectivity index (χ1v) is 23.2. The van der Waals surface area contributed by atoms with Gasteiger partial charge in [0.15, 0.2) is 0 Å². The van der Waals surface area contributed by atoms with Gasteiger partial charge < -0.3 is 39.4 Å². The summed E-state index contributed by atoms with van der Waals surface area (Å²) in [6.45, 7) is 16.3. The average molecular weight is 920 g/mol. The fraction of sp³-hybridized carbons (Fsp3) is 0.490. The van der Waals surface area contributed by atoms with E-state index in [9.17, 15) is 34.2 Å². The fourth-order valence-corrected chi connectivity index (χ4v) is 10.2. The highest BCUT2D eigenvalue weighted by Crippen LogP contribution is 2.41. The third-order valence-corrected chi connectivity index (χ3v) is 13.4. The van der Waals surface area contributed by atoms with Crippen molar-refractivity contribution in [1.29, 1.82) is 0 Å². The molecule has 2 saturated heterocycles. The number of nitrogens with one attached hydrogen (secondary N) is 2. The van der Waals surface area contributed by atoms with Crippen molar-refractivity contribution in [3.8, 4) is 28.1 Å². The Bertz CT molecular complexity index is 2570. The van der Waals surface area contributed by atoms with Crippen LogP contribution in [0.15, 0.2) is 67.4 Å². The monoisotopic (exact) mass is 919 g/mol. The number of likely N-dealkylation sites (N-methyl/N-ethyl adjacent to an activating group) is 1. The molecule has 0 saturated carbocycles. The first-order valence-electron chi connectivity index (χ1n) is 23.2. The molecule has 3 aliphatic rings. The third kappa shape index (κ3) is 9.97. The van der Waals surface area contributed by atoms with E-state index < -0.39 is 52.8 Å². The topological polar surface area (TPSA) is 196 Å². The van der Waals surface area contributed by atoms with Crippen LogP contribution in [0.4, 0.5) is 0 Å². The lowest BCUT2D eigenvalue weighted by Crippen LogP contribution is -2.67. The number of aryl methyl sites for hydroxylation is 1. The lowest BCUT2D eigenvalue weighted by Gasteiger charge is -2.40. The van der Waals surface area contributed by atoms with E-state index in [0.29, 0.717) is 30.5 Å². The quantitative estimate of drug-likeness (QED) is 0.122. The second-order valence-corrected chi connectivity index (χ2v) is 19.5. The van der Waals surface area contributed by atoms with Gasteiger partial charge in [-0.25, -0.2) is 4.79 Å². The van der Waals surface area contributed by atoms with Crippen molar-refractivity contribution in [3.05, 3.63) is 84.2 Å². The SMILES string of the molecule is C=CC(=O)N1C[C@@H](C(=O)N(C)[C@H](C(=O)N[C@H]2Cc3cc(O)cc(c3)-c3ccc4c(c3)c(c(-c3cccnc3COC)n4CC)CC(C)(C)COC(=O)[C@@]3(O)CCCN(N3)C2=O)C(C)C)C[C@H]1C. The number of cyclic esters (lactones) is 1. The Hall–Kier alpha value is -6.10. The molecule has 5 atom stereocenters. The maximum absolute atomic E-state index is 14.8. The number of carbonyl (C=O) groups is 5. The van der Waals surface area contributed by atoms with E-state index in [-0.39, 0.29) is 69.2 Å². The summed E-state index contributed by atoms with van der Waals surface area (Å²) < 4.78 is 13.8. The summed E-state index contributed by atoms with van der Waals surface area (Å²) in [6.07, 6.45) is 3.93. The molecule has 0 unspecified atom stereocenters. The molecule has 2 aromatic carbocycles. The number of aromatic nitrogens is 2. The number of nitrogens with zero attached hydrogens (tertiary/aromatic N) is 5. The van der Waals surface area contributed by atoms with Crippen LogP contribution in [0.2, 0.25) is 0 Å². The molecule has 67 heavy (non-hydrogen) atoms. The zero-order valence-corrected chi connectivity index (χ0v) is 39.9. The van der Waals surface area contributed by atoms with Crippen LogP contribution in [0.25, 0.3) is 33.3 Å². The van der Waals surface area contributed by atoms with Crippen molar-refractivity contribution < 1.29 is 43.7 Å². The minimum atomic E-state index is -2.27. The van der Waals surface area contributed by atoms with Crippen LogP contribution in [0.1, 0.15) is 77.6 Å². The first-order chi connectivity index (χ1) is 31.8. The number of likely N-dealkylation sites (tertiary alicyclic amines) is 1. The number of amides is 4. The Balaban J connectivity index is 1.32. The molecule has 4 amide bonds. The van der Waals surface area contributed by atoms with E-state index in [1.807, 2.05) is 45.0 Å². The molecule has 16 heteroatoms. The molecule has 6 bridgehead atoms. The zero-order valence-electron chi connectivity index (χ0n) is 39.9. The van der Waals surface area contributed by atoms with Crippen molar-refractivity contribution in [3.63, 3.8) is 0 Å². The molecule has 16 nitrogen and oxygen atoms in total. The van der Waals surface area contributed by atoms with Gasteiger partial charge in [-0.15, -0.1) is 0 Å². The maximum atomic E-state index is 14.8. The highest BCUT2D eigenvalue weighted by atomic mass is 16.6. The second-order valence-electron chi connectivity index (χ2n) is 19.5. The van der Waals surface area contributed by atoms with Crippen LogP contribution in [0.3, 0.4) is 0 Å². The summed E-state index contributed by atoms with van der Waals surface area (Å²) >= 11 is 0. The standard InChI is InChI=1S/C51H65N7O9/c1-10-43(60)57-27-35(20-31(57)5)47(62)55(8)44(30(3)4)46(61)53-40-23-32-21-34(24-36(59)22-32)33-15-16-42-38(25-33)39(45(56(42)11-2)37-14-12-18-52-41(37)28-66-9)26-50(6,7)29-67-49(64)51(65)17-13-19-58(54-51)48(40)63/h10,12,14-16,18,21-22,24-25,30-31,35,40,44,54,59,65H,1,11,13,17,19-20,23,26-29H2,2-9H3,(H,53,61)/t31-,35+,40+,44+,51+/m1/s1. The number of ether oxygens (including phenoxy) is 2. The zero-order chi connectivity index (χ0) is 48.5. The van der Waals surface area contributed by atoms with Crippen molar-refractivity contribution in [2.75, 3.05) is 33.9 Å². The van der Waals surface area contributed by atoms with Crippen LogP contribution in [-0.2, 0) is 59.4 Å². The number of methoxy groups -OCH3 is 1. The summed E-state index contributed by atoms with van der Waals surface area (Å²) in [4.78, 5) is 77.5. The minimum Gasteiger partial charge on any atom is -0.508 e. The van der Waals surface area contributed by atoms with E-state index in [1.54, 1.807) is 45.2 Å². The van der Waals surface area contributed by atoms with Crippen molar-refractivity contribution in [1.82, 2.24) is 35.1 Å². The van der Waals surface area contributed by atoms with Crippen molar-refractivity contribution in [2.45, 2.75) is 111 Å². The van der Waals surface area contributed by atoms with Gasteiger partial charge in [0, 0.05) is 80.8 Å². The van der Waals surface area contributed by atoms with Crippen LogP contribution < -0.4 is 10.7 Å². The molecule has 4 N–H and O–H groups in total. The van der Waals surface area contributed by atoms with Gasteiger partial charge in [-0.1, -0.05) is 46.4 Å². The molecule has 7 rings (SSSR count). The average Bonchev–Trinajstić information content (AvgIpc) is 3.83. The summed E-state index contributed by atoms with van der Waals surface area (Å²) in [7, 11) is 3.18. The van der Waals surface area contributed by atoms with E-state index in [1.165, 1.54) is 17.0 Å². The molecule has 0 aliphatic carbocycles. The number of aliphatic hydroxyl groups is 1. The number of benzene rings is 2. The smallest absolute Gasteiger partial charge is 0.355 e. The molecular weight excluding hydrogens is 855 g/mol. The lowest BCUT2D eigenvalue weighted by molar-refractivity contribution is -0.189. The minimum absolute atomic E-state index is 0.0406. The molecule has 3 aliphatic heterocycles. The van der Waals surface area contributed by atoms with Crippen LogP contribution in [-0.4, -0.2) is 122 Å². The number of pyridine rings is 1. The molecule has 2 aromatic heterocycles. The number of phenolic OH excluding ortho intramolecular Hbond substituents is 1. The number of fused-ring (bicyclic) bond motifs is 6. The molecule has 0 radical (unpaired) electrons. The summed E-state index contributed by atoms with van der Waals surface area (Å²) in [5, 5.41) is 28.2. The van der Waals surface area contributed by atoms with E-state index in [2.05, 4.69) is 45.9 Å². The molecule has 358 valence electrons. The van der Waals surface area contributed by atoms with Crippen LogP contribution in [0, 0.1) is 17.3 Å². The van der Waals surface area contributed by atoms with Crippen molar-refractivity contribution >= 4 is 40.5 Å². The third-order valence-electron chi connectivity index (χ3n) is 13.4. The number of rotatable bonds is 10. The van der Waals surface area contributed by atoms with Gasteiger partial charge >= 0.3 is 5.97 Å². The highest BCUT2D eigenvalue weighted by Gasteiger charge is 2.46. The molecular formula is C51H65N7O9. The van der Waals surface area contributed by atoms with Gasteiger partial charge in [-0.05, 0) is 104 Å². The first kappa shape index (κ1) is 48.8. The highest BCUT2D eigenvalue weighted by molar-refractivity contribution is 5.96. The predicted molar refractivity (Wildman–Crippen MR) is 253 cm³/mol. The number of esters is 1. The van der Waals surface area contributed by atoms with Crippen LogP contribution >= 0.6 is 0 Å². The van der Waals surface area contributed by atoms with Gasteiger partial charge in [0.05, 0.1) is 30.5 Å². The predicted octanol–water partition coefficient (Wildman–Crippen LogP) is 5.12. The second kappa shape index (κ2) is 19.6. The Morgan fingerprint density at radius 2 is 1.90 bits per heavy atom. The Morgan fingerprint density at radius 1 is 1.13 bits per heavy atom. The number of hydrazine groups is 1. The van der Waals surface area contributed by atoms with Gasteiger partial charge in [-0.2, -0.15) is 5.43 Å². The summed E-state index contributed by atoms with van der Waals surface area (Å²) in [5.41, 5.74) is 6.39. The van der Waals surface area contributed by atoms with Crippen molar-refractivity contribution in [2.24, 2.45) is 17.3 Å². The van der Waals surface area contributed by atoms with E-state index in [0.717, 1.165) is 44.0 Å². The van der Waals surface area contributed by atoms with E-state index in [4.69, 9.17) is 9.47 Å². The van der Waals surface area contributed by atoms with Gasteiger partial charge in [0.1, 0.15) is 17.8 Å². The van der Waals surface area contributed by atoms with Crippen LogP contribution in [0.5, 0.6) is 5.75 Å². The molecule has 5 heterocycles. The normalized spacial score (nSPS) is 22.6. The van der Waals surface area contributed by atoms with E-state index >= 15 is 0 Å². The van der Waals surface area contributed by atoms with Gasteiger partial charge in [0.2, 0.25) is 23.4 Å². The molecule has 0 spiro atoms. The summed E-state index contributed by atoms with van der Waals surface area (Å²) in [6, 6.07) is 12.6. The maximum Gasteiger partial charge on any atom is 0.355 e. The van der Waals surface area contributed by atoms with Gasteiger partial charge in [-0.3, -0.25) is 29.2 Å². The number of carbonyl (C=O) groups excluding carboxylic acids is 5. The number of hydrogen-bond donors (Lipinski definition) is 4. The summed E-state index contributed by atoms with van der Waals surface area (Å²) in [5.74, 6) is -3.77. The Morgan fingerprint density at radius 3 is 2.60 bits per heavy atom. The number of phenols is 1. The lowest BCUT2D eigenvalue weighted by atomic mass is 9.84. The number of aromatic hydroxyl groups is 1. The number of hydrogen-bond acceptors (Lipinski definition) is 11. The molecule has 2 fully saturated rings. The Labute approximate surface area is 392 Å².